The van der Waals surface area contributed by atoms with Crippen molar-refractivity contribution in [1.29, 1.82) is 0 Å². The van der Waals surface area contributed by atoms with Gasteiger partial charge in [0.2, 0.25) is 0 Å². The van der Waals surface area contributed by atoms with Crippen molar-refractivity contribution in [2.75, 3.05) is 6.54 Å². The fraction of sp³-hybridized carbons (Fsp3) is 0.200. The first-order chi connectivity index (χ1) is 10.3. The Morgan fingerprint density at radius 3 is 2.95 bits per heavy atom. The van der Waals surface area contributed by atoms with Gasteiger partial charge in [-0.25, -0.2) is 9.97 Å². The minimum absolute atomic E-state index is 0.647. The van der Waals surface area contributed by atoms with E-state index in [9.17, 15) is 0 Å². The summed E-state index contributed by atoms with van der Waals surface area (Å²) in [5.74, 6) is 0. The maximum absolute atomic E-state index is 6.20. The summed E-state index contributed by atoms with van der Waals surface area (Å²) in [6.45, 7) is 3.76. The monoisotopic (exact) mass is 318 g/mol. The Labute approximate surface area is 132 Å². The molecule has 21 heavy (non-hydrogen) atoms. The van der Waals surface area contributed by atoms with Crippen LogP contribution in [0.2, 0.25) is 5.02 Å². The van der Waals surface area contributed by atoms with Crippen LogP contribution in [0.15, 0.2) is 52.8 Å². The first kappa shape index (κ1) is 14.4. The van der Waals surface area contributed by atoms with Gasteiger partial charge in [-0.15, -0.1) is 0 Å². The molecule has 6 heteroatoms. The summed E-state index contributed by atoms with van der Waals surface area (Å²) < 4.78 is 2.10. The van der Waals surface area contributed by atoms with Gasteiger partial charge in [0.1, 0.15) is 15.7 Å². The quantitative estimate of drug-likeness (QED) is 0.780. The molecule has 3 rings (SSSR count). The van der Waals surface area contributed by atoms with E-state index in [0.29, 0.717) is 5.02 Å². The third kappa shape index (κ3) is 3.05. The van der Waals surface area contributed by atoms with Crippen LogP contribution < -0.4 is 5.32 Å². The van der Waals surface area contributed by atoms with Gasteiger partial charge in [0.05, 0.1) is 10.7 Å². The number of nitrogens with one attached hydrogen (secondary N) is 1. The maximum Gasteiger partial charge on any atom is 0.138 e. The Morgan fingerprint density at radius 1 is 1.24 bits per heavy atom. The second-order valence-corrected chi connectivity index (χ2v) is 5.85. The molecule has 0 fully saturated rings. The highest BCUT2D eigenvalue weighted by Gasteiger charge is 2.14. The minimum Gasteiger partial charge on any atom is -0.311 e. The zero-order chi connectivity index (χ0) is 14.7. The van der Waals surface area contributed by atoms with Crippen molar-refractivity contribution in [2.45, 2.75) is 23.5 Å². The topological polar surface area (TPSA) is 42.2 Å². The molecule has 0 aliphatic heterocycles. The number of imidazole rings is 1. The number of nitrogens with zero attached hydrogens (tertiary/aromatic N) is 3. The van der Waals surface area contributed by atoms with E-state index in [-0.39, 0.29) is 0 Å². The number of hydrogen-bond donors (Lipinski definition) is 1. The van der Waals surface area contributed by atoms with E-state index in [4.69, 9.17) is 11.6 Å². The van der Waals surface area contributed by atoms with E-state index in [1.807, 2.05) is 36.5 Å². The third-order valence-corrected chi connectivity index (χ3v) is 4.51. The van der Waals surface area contributed by atoms with Crippen LogP contribution in [0.5, 0.6) is 0 Å². The summed E-state index contributed by atoms with van der Waals surface area (Å²) in [5.41, 5.74) is 2.05. The lowest BCUT2D eigenvalue weighted by Crippen LogP contribution is -2.14. The van der Waals surface area contributed by atoms with Crippen molar-refractivity contribution >= 4 is 29.0 Å². The van der Waals surface area contributed by atoms with Gasteiger partial charge < -0.3 is 9.72 Å². The highest BCUT2D eigenvalue weighted by atomic mass is 35.5. The molecule has 3 aromatic rings. The van der Waals surface area contributed by atoms with Crippen LogP contribution in [0.4, 0.5) is 0 Å². The van der Waals surface area contributed by atoms with Crippen molar-refractivity contribution in [1.82, 2.24) is 19.7 Å². The normalized spacial score (nSPS) is 11.1. The minimum atomic E-state index is 0.647. The Bertz CT molecular complexity index is 756. The number of aromatic nitrogens is 3. The molecule has 0 unspecified atom stereocenters. The molecular weight excluding hydrogens is 304 g/mol. The molecule has 3 aromatic heterocycles. The van der Waals surface area contributed by atoms with Crippen LogP contribution in [0.3, 0.4) is 0 Å². The van der Waals surface area contributed by atoms with Crippen LogP contribution in [0.1, 0.15) is 12.6 Å². The van der Waals surface area contributed by atoms with Crippen LogP contribution in [-0.4, -0.2) is 20.9 Å². The predicted octanol–water partition coefficient (Wildman–Crippen LogP) is 3.64. The average Bonchev–Trinajstić information content (AvgIpc) is 2.85. The molecule has 4 nitrogen and oxygen atoms in total. The lowest BCUT2D eigenvalue weighted by Gasteiger charge is -2.05. The van der Waals surface area contributed by atoms with Crippen LogP contribution in [0, 0.1) is 0 Å². The summed E-state index contributed by atoms with van der Waals surface area (Å²) in [6, 6.07) is 9.67. The van der Waals surface area contributed by atoms with Gasteiger partial charge in [0, 0.05) is 18.9 Å². The van der Waals surface area contributed by atoms with Gasteiger partial charge in [-0.1, -0.05) is 24.6 Å². The van der Waals surface area contributed by atoms with Crippen molar-refractivity contribution < 1.29 is 0 Å². The summed E-state index contributed by atoms with van der Waals surface area (Å²) in [7, 11) is 0. The molecule has 0 spiro atoms. The second-order valence-electron chi connectivity index (χ2n) is 4.47. The smallest absolute Gasteiger partial charge is 0.138 e. The lowest BCUT2D eigenvalue weighted by molar-refractivity contribution is 0.694. The highest BCUT2D eigenvalue weighted by Crippen LogP contribution is 2.33. The standard InChI is InChI=1S/C15H15ClN4S/c1-2-17-10-12-15(19-13-7-3-4-9-20(12)13)21-14-11(16)6-5-8-18-14/h3-9,17H,2,10H2,1H3. The van der Waals surface area contributed by atoms with E-state index in [1.165, 1.54) is 11.8 Å². The average molecular weight is 319 g/mol. The molecular formula is C15H15ClN4S. The Morgan fingerprint density at radius 2 is 2.14 bits per heavy atom. The van der Waals surface area contributed by atoms with E-state index < -0.39 is 0 Å². The molecule has 0 radical (unpaired) electrons. The Hall–Kier alpha value is -1.56. The fourth-order valence-electron chi connectivity index (χ4n) is 2.05. The highest BCUT2D eigenvalue weighted by molar-refractivity contribution is 7.99. The lowest BCUT2D eigenvalue weighted by atomic mass is 10.4. The summed E-state index contributed by atoms with van der Waals surface area (Å²) in [4.78, 5) is 9.02. The van der Waals surface area contributed by atoms with Gasteiger partial charge in [-0.3, -0.25) is 0 Å². The molecule has 0 aromatic carbocycles. The van der Waals surface area contributed by atoms with Gasteiger partial charge >= 0.3 is 0 Å². The van der Waals surface area contributed by atoms with E-state index >= 15 is 0 Å². The predicted molar refractivity (Wildman–Crippen MR) is 85.9 cm³/mol. The third-order valence-electron chi connectivity index (χ3n) is 3.05. The summed E-state index contributed by atoms with van der Waals surface area (Å²) >= 11 is 7.70. The molecule has 0 atom stereocenters. The summed E-state index contributed by atoms with van der Waals surface area (Å²) in [6.07, 6.45) is 3.77. The van der Waals surface area contributed by atoms with Crippen molar-refractivity contribution in [2.24, 2.45) is 0 Å². The largest absolute Gasteiger partial charge is 0.311 e. The van der Waals surface area contributed by atoms with Crippen molar-refractivity contribution in [3.63, 3.8) is 0 Å². The number of hydrogen-bond acceptors (Lipinski definition) is 4. The SMILES string of the molecule is CCNCc1c(Sc2ncccc2Cl)nc2ccccn12. The number of pyridine rings is 2. The molecule has 108 valence electrons. The fourth-order valence-corrected chi connectivity index (χ4v) is 3.18. The zero-order valence-corrected chi connectivity index (χ0v) is 13.2. The number of fused-ring (bicyclic) bond motifs is 1. The molecule has 3 heterocycles. The van der Waals surface area contributed by atoms with E-state index in [0.717, 1.165) is 34.5 Å². The first-order valence-electron chi connectivity index (χ1n) is 6.74. The van der Waals surface area contributed by atoms with Crippen molar-refractivity contribution in [3.05, 3.63) is 53.4 Å². The van der Waals surface area contributed by atoms with Crippen LogP contribution in [-0.2, 0) is 6.54 Å². The van der Waals surface area contributed by atoms with Gasteiger partial charge in [-0.2, -0.15) is 0 Å². The van der Waals surface area contributed by atoms with Gasteiger partial charge in [0.15, 0.2) is 0 Å². The Kier molecular flexibility index (Phi) is 4.43. The molecule has 0 bridgehead atoms. The first-order valence-corrected chi connectivity index (χ1v) is 7.94. The maximum atomic E-state index is 6.20. The number of rotatable bonds is 5. The molecule has 0 aliphatic rings. The van der Waals surface area contributed by atoms with Gasteiger partial charge in [0.25, 0.3) is 0 Å². The van der Waals surface area contributed by atoms with E-state index in [1.54, 1.807) is 6.20 Å². The molecule has 1 N–H and O–H groups in total. The molecule has 0 saturated carbocycles. The van der Waals surface area contributed by atoms with Crippen LogP contribution in [0.25, 0.3) is 5.65 Å². The van der Waals surface area contributed by atoms with Crippen LogP contribution >= 0.6 is 23.4 Å². The number of halogens is 1. The molecule has 0 saturated heterocycles. The molecule has 0 amide bonds. The Balaban J connectivity index is 2.02. The van der Waals surface area contributed by atoms with E-state index in [2.05, 4.69) is 26.6 Å². The van der Waals surface area contributed by atoms with Crippen molar-refractivity contribution in [3.8, 4) is 0 Å². The zero-order valence-electron chi connectivity index (χ0n) is 11.6. The molecule has 0 aliphatic carbocycles. The second kappa shape index (κ2) is 6.47. The van der Waals surface area contributed by atoms with Gasteiger partial charge in [-0.05, 0) is 42.6 Å². The summed E-state index contributed by atoms with van der Waals surface area (Å²) in [5, 5.41) is 5.71.